The summed E-state index contributed by atoms with van der Waals surface area (Å²) in [5.41, 5.74) is 0.623. The summed E-state index contributed by atoms with van der Waals surface area (Å²) in [6.07, 6.45) is 9.60. The van der Waals surface area contributed by atoms with Crippen molar-refractivity contribution < 1.29 is 29.7 Å². The number of phenolic OH excluding ortho intramolecular Hbond substituents is 2. The molecule has 0 aliphatic heterocycles. The first-order chi connectivity index (χ1) is 19.6. The molecule has 0 saturated heterocycles. The SMILES string of the molecule is CC(C)=CC[C@H]1C[C@]2(CC=C(C)C)C(=O)/C(=C(/O)c3ccc(O)c(O)c3)C(=O)[C@@](CC=C(C)C)(C2=O)[C@@H]1CC=C(C)C. The van der Waals surface area contributed by atoms with Gasteiger partial charge in [0.25, 0.3) is 0 Å². The first-order valence-electron chi connectivity index (χ1n) is 14.7. The van der Waals surface area contributed by atoms with Gasteiger partial charge >= 0.3 is 0 Å². The molecule has 0 unspecified atom stereocenters. The normalized spacial score (nSPS) is 26.3. The van der Waals surface area contributed by atoms with Gasteiger partial charge in [0.05, 0.1) is 5.41 Å². The molecule has 226 valence electrons. The second-order valence-electron chi connectivity index (χ2n) is 13.0. The molecule has 6 nitrogen and oxygen atoms in total. The number of aliphatic hydroxyl groups is 1. The van der Waals surface area contributed by atoms with Crippen LogP contribution in [0.5, 0.6) is 11.5 Å². The van der Waals surface area contributed by atoms with Gasteiger partial charge in [0.15, 0.2) is 28.8 Å². The van der Waals surface area contributed by atoms with Crippen LogP contribution in [-0.2, 0) is 14.4 Å². The minimum atomic E-state index is -1.56. The Balaban J connectivity index is 2.47. The summed E-state index contributed by atoms with van der Waals surface area (Å²) in [6.45, 7) is 15.6. The Kier molecular flexibility index (Phi) is 9.92. The van der Waals surface area contributed by atoms with Crippen molar-refractivity contribution in [2.75, 3.05) is 0 Å². The number of phenols is 2. The Hall–Kier alpha value is -3.67. The van der Waals surface area contributed by atoms with Crippen molar-refractivity contribution >= 4 is 23.1 Å². The largest absolute Gasteiger partial charge is 0.506 e. The molecule has 0 radical (unpaired) electrons. The zero-order valence-electron chi connectivity index (χ0n) is 26.3. The van der Waals surface area contributed by atoms with E-state index in [1.165, 1.54) is 12.1 Å². The predicted molar refractivity (Wildman–Crippen MR) is 167 cm³/mol. The molecule has 1 aromatic carbocycles. The highest BCUT2D eigenvalue weighted by atomic mass is 16.3. The van der Waals surface area contributed by atoms with Crippen LogP contribution in [0.1, 0.15) is 93.1 Å². The van der Waals surface area contributed by atoms with Gasteiger partial charge < -0.3 is 15.3 Å². The third-order valence-electron chi connectivity index (χ3n) is 8.73. The summed E-state index contributed by atoms with van der Waals surface area (Å²) < 4.78 is 0. The summed E-state index contributed by atoms with van der Waals surface area (Å²) in [4.78, 5) is 44.3. The summed E-state index contributed by atoms with van der Waals surface area (Å²) >= 11 is 0. The van der Waals surface area contributed by atoms with E-state index in [1.54, 1.807) is 0 Å². The molecule has 1 aromatic rings. The van der Waals surface area contributed by atoms with Crippen LogP contribution in [0.25, 0.3) is 5.76 Å². The summed E-state index contributed by atoms with van der Waals surface area (Å²) in [5, 5.41) is 31.5. The number of aliphatic hydroxyl groups excluding tert-OH is 1. The van der Waals surface area contributed by atoms with Crippen molar-refractivity contribution in [2.24, 2.45) is 22.7 Å². The first-order valence-corrected chi connectivity index (χ1v) is 14.7. The molecule has 2 saturated carbocycles. The van der Waals surface area contributed by atoms with E-state index in [-0.39, 0.29) is 36.5 Å². The van der Waals surface area contributed by atoms with Crippen molar-refractivity contribution in [3.8, 4) is 11.5 Å². The quantitative estimate of drug-likeness (QED) is 0.0686. The van der Waals surface area contributed by atoms with E-state index in [2.05, 4.69) is 12.2 Å². The fourth-order valence-corrected chi connectivity index (χ4v) is 6.48. The molecule has 0 heterocycles. The third kappa shape index (κ3) is 6.08. The second kappa shape index (κ2) is 12.7. The number of Topliss-reactive ketones (excluding diaryl/α,β-unsaturated/α-hetero) is 3. The molecule has 0 aromatic heterocycles. The number of rotatable bonds is 9. The van der Waals surface area contributed by atoms with Crippen LogP contribution in [-0.4, -0.2) is 32.7 Å². The minimum absolute atomic E-state index is 0.0195. The summed E-state index contributed by atoms with van der Waals surface area (Å²) in [5.74, 6) is -3.69. The van der Waals surface area contributed by atoms with Gasteiger partial charge in [-0.2, -0.15) is 0 Å². The topological polar surface area (TPSA) is 112 Å². The monoisotopic (exact) mass is 574 g/mol. The standard InChI is InChI=1S/C36H46O6/c1-21(2)9-11-26-20-35(17-15-23(5)6)32(40)30(31(39)25-12-14-28(37)29(38)19-25)33(41)36(34(35)42,18-16-24(7)8)27(26)13-10-22(3)4/h9-10,12,14-16,19,26-27,37-39H,11,13,17-18,20H2,1-8H3/b31-30-/t26-,27+,35+,36-/m0/s1. The van der Waals surface area contributed by atoms with Gasteiger partial charge in [-0.1, -0.05) is 46.6 Å². The van der Waals surface area contributed by atoms with Gasteiger partial charge in [-0.15, -0.1) is 0 Å². The van der Waals surface area contributed by atoms with E-state index in [1.807, 2.05) is 67.5 Å². The molecule has 4 atom stereocenters. The van der Waals surface area contributed by atoms with Crippen molar-refractivity contribution in [3.05, 3.63) is 75.9 Å². The Morgan fingerprint density at radius 2 is 1.31 bits per heavy atom. The molecule has 2 aliphatic rings. The molecular formula is C36H46O6. The average Bonchev–Trinajstić information content (AvgIpc) is 2.90. The molecule has 2 fully saturated rings. The molecule has 2 aliphatic carbocycles. The number of carbonyl (C=O) groups excluding carboxylic acids is 3. The third-order valence-corrected chi connectivity index (χ3v) is 8.73. The second-order valence-corrected chi connectivity index (χ2v) is 13.0. The van der Waals surface area contributed by atoms with Crippen molar-refractivity contribution in [3.63, 3.8) is 0 Å². The zero-order valence-corrected chi connectivity index (χ0v) is 26.3. The number of benzene rings is 1. The Bertz CT molecular complexity index is 1420. The van der Waals surface area contributed by atoms with Crippen molar-refractivity contribution in [1.82, 2.24) is 0 Å². The van der Waals surface area contributed by atoms with Crippen molar-refractivity contribution in [1.29, 1.82) is 0 Å². The van der Waals surface area contributed by atoms with Crippen LogP contribution in [0.2, 0.25) is 0 Å². The predicted octanol–water partition coefficient (Wildman–Crippen LogP) is 8.12. The number of allylic oxidation sites excluding steroid dienone is 9. The van der Waals surface area contributed by atoms with E-state index in [9.17, 15) is 29.7 Å². The van der Waals surface area contributed by atoms with E-state index in [0.29, 0.717) is 12.8 Å². The maximum atomic E-state index is 14.9. The van der Waals surface area contributed by atoms with Gasteiger partial charge in [0.1, 0.15) is 16.7 Å². The number of hydrogen-bond donors (Lipinski definition) is 3. The molecule has 0 amide bonds. The summed E-state index contributed by atoms with van der Waals surface area (Å²) in [7, 11) is 0. The lowest BCUT2D eigenvalue weighted by atomic mass is 9.42. The van der Waals surface area contributed by atoms with Crippen LogP contribution in [0.3, 0.4) is 0 Å². The number of ketones is 3. The highest BCUT2D eigenvalue weighted by Gasteiger charge is 2.70. The molecule has 0 spiro atoms. The van der Waals surface area contributed by atoms with E-state index < -0.39 is 51.1 Å². The Labute approximate surface area is 250 Å². The zero-order chi connectivity index (χ0) is 31.6. The maximum absolute atomic E-state index is 14.9. The molecule has 3 rings (SSSR count). The Morgan fingerprint density at radius 1 is 0.762 bits per heavy atom. The minimum Gasteiger partial charge on any atom is -0.506 e. The van der Waals surface area contributed by atoms with Gasteiger partial charge in [-0.3, -0.25) is 14.4 Å². The molecule has 6 heteroatoms. The van der Waals surface area contributed by atoms with E-state index in [4.69, 9.17) is 0 Å². The van der Waals surface area contributed by atoms with Gasteiger partial charge in [-0.25, -0.2) is 0 Å². The fraction of sp³-hybridized carbons (Fsp3) is 0.472. The molecule has 2 bridgehead atoms. The highest BCUT2D eigenvalue weighted by molar-refractivity contribution is 6.41. The average molecular weight is 575 g/mol. The maximum Gasteiger partial charge on any atom is 0.184 e. The first kappa shape index (κ1) is 32.8. The fourth-order valence-electron chi connectivity index (χ4n) is 6.48. The smallest absolute Gasteiger partial charge is 0.184 e. The lowest BCUT2D eigenvalue weighted by Crippen LogP contribution is -2.66. The van der Waals surface area contributed by atoms with Crippen LogP contribution in [0.4, 0.5) is 0 Å². The number of fused-ring (bicyclic) bond motifs is 2. The lowest BCUT2D eigenvalue weighted by molar-refractivity contribution is -0.167. The van der Waals surface area contributed by atoms with E-state index >= 15 is 0 Å². The van der Waals surface area contributed by atoms with Gasteiger partial charge in [0.2, 0.25) is 0 Å². The van der Waals surface area contributed by atoms with Gasteiger partial charge in [0, 0.05) is 5.56 Å². The lowest BCUT2D eigenvalue weighted by Gasteiger charge is -2.56. The van der Waals surface area contributed by atoms with Crippen molar-refractivity contribution in [2.45, 2.75) is 87.5 Å². The number of carbonyl (C=O) groups is 3. The van der Waals surface area contributed by atoms with E-state index in [0.717, 1.165) is 28.4 Å². The molecular weight excluding hydrogens is 528 g/mol. The van der Waals surface area contributed by atoms with Crippen LogP contribution >= 0.6 is 0 Å². The molecule has 42 heavy (non-hydrogen) atoms. The van der Waals surface area contributed by atoms with Gasteiger partial charge in [-0.05, 0) is 118 Å². The Morgan fingerprint density at radius 3 is 1.86 bits per heavy atom. The summed E-state index contributed by atoms with van der Waals surface area (Å²) in [6, 6.07) is 3.65. The van der Waals surface area contributed by atoms with Crippen LogP contribution in [0.15, 0.2) is 70.4 Å². The highest BCUT2D eigenvalue weighted by Crippen LogP contribution is 2.61. The number of aromatic hydroxyl groups is 2. The number of hydrogen-bond acceptors (Lipinski definition) is 6. The van der Waals surface area contributed by atoms with Crippen LogP contribution in [0, 0.1) is 22.7 Å². The molecule has 3 N–H and O–H groups in total. The van der Waals surface area contributed by atoms with Crippen LogP contribution < -0.4 is 0 Å².